The molecule has 0 spiro atoms. The lowest BCUT2D eigenvalue weighted by molar-refractivity contribution is -0.188. The van der Waals surface area contributed by atoms with Gasteiger partial charge in [0.15, 0.2) is 5.78 Å². The Morgan fingerprint density at radius 3 is 2.31 bits per heavy atom. The lowest BCUT2D eigenvalue weighted by Crippen LogP contribution is -2.66. The van der Waals surface area contributed by atoms with E-state index in [0.29, 0.717) is 24.6 Å². The SMILES string of the molecule is CC1(C)C(=O)CC[C@]2(C)[C@H]3C(=O)C=C4[C@@H]5C[C@@](C)(C(=O)OCCN6CCCCC6)CC[C@]5(C)CC[C@@]4(C)[C@]3(C)CC[C@@H]12. The number of carbonyl (C=O) groups is 3. The van der Waals surface area contributed by atoms with E-state index in [1.807, 2.05) is 0 Å². The second kappa shape index (κ2) is 10.0. The summed E-state index contributed by atoms with van der Waals surface area (Å²) >= 11 is 0. The van der Waals surface area contributed by atoms with Crippen molar-refractivity contribution >= 4 is 17.5 Å². The zero-order valence-electron chi connectivity index (χ0n) is 27.7. The van der Waals surface area contributed by atoms with Crippen molar-refractivity contribution in [2.75, 3.05) is 26.2 Å². The van der Waals surface area contributed by atoms with Crippen molar-refractivity contribution in [2.45, 2.75) is 126 Å². The summed E-state index contributed by atoms with van der Waals surface area (Å²) < 4.78 is 5.99. The van der Waals surface area contributed by atoms with Crippen molar-refractivity contribution in [1.29, 1.82) is 0 Å². The molecule has 0 aromatic carbocycles. The third kappa shape index (κ3) is 4.28. The van der Waals surface area contributed by atoms with Crippen molar-refractivity contribution in [3.05, 3.63) is 11.6 Å². The fourth-order valence-corrected chi connectivity index (χ4v) is 11.8. The highest BCUT2D eigenvalue weighted by atomic mass is 16.5. The summed E-state index contributed by atoms with van der Waals surface area (Å²) in [5, 5.41) is 0. The molecule has 0 amide bonds. The first-order valence-corrected chi connectivity index (χ1v) is 17.3. The average molecular weight is 580 g/mol. The molecule has 0 radical (unpaired) electrons. The van der Waals surface area contributed by atoms with Crippen molar-refractivity contribution in [1.82, 2.24) is 4.90 Å². The molecule has 5 fully saturated rings. The maximum Gasteiger partial charge on any atom is 0.311 e. The van der Waals surface area contributed by atoms with E-state index >= 15 is 0 Å². The molecule has 1 saturated heterocycles. The molecule has 0 aromatic rings. The van der Waals surface area contributed by atoms with Crippen LogP contribution in [0, 0.1) is 50.2 Å². The Hall–Kier alpha value is -1.49. The third-order valence-corrected chi connectivity index (χ3v) is 14.9. The molecule has 4 saturated carbocycles. The van der Waals surface area contributed by atoms with E-state index in [1.54, 1.807) is 0 Å². The number of allylic oxidation sites excluding steroid dienone is 2. The van der Waals surface area contributed by atoms with E-state index in [4.69, 9.17) is 4.74 Å². The molecule has 8 atom stereocenters. The van der Waals surface area contributed by atoms with Crippen LogP contribution in [0.3, 0.4) is 0 Å². The minimum absolute atomic E-state index is 0.0391. The van der Waals surface area contributed by atoms with Crippen LogP contribution in [0.25, 0.3) is 0 Å². The monoisotopic (exact) mass is 579 g/mol. The zero-order valence-corrected chi connectivity index (χ0v) is 27.7. The van der Waals surface area contributed by atoms with Gasteiger partial charge in [0.05, 0.1) is 5.41 Å². The Kier molecular flexibility index (Phi) is 7.28. The molecular formula is C37H57NO4. The van der Waals surface area contributed by atoms with Crippen LogP contribution in [-0.2, 0) is 19.1 Å². The minimum Gasteiger partial charge on any atom is -0.464 e. The normalized spacial score (nSPS) is 46.9. The van der Waals surface area contributed by atoms with Crippen molar-refractivity contribution in [3.8, 4) is 0 Å². The van der Waals surface area contributed by atoms with Gasteiger partial charge in [-0.15, -0.1) is 0 Å². The van der Waals surface area contributed by atoms with Gasteiger partial charge < -0.3 is 4.74 Å². The molecule has 0 N–H and O–H groups in total. The first kappa shape index (κ1) is 30.5. The Morgan fingerprint density at radius 1 is 0.905 bits per heavy atom. The number of fused-ring (bicyclic) bond motifs is 7. The molecule has 42 heavy (non-hydrogen) atoms. The van der Waals surface area contributed by atoms with Gasteiger partial charge in [0.2, 0.25) is 0 Å². The van der Waals surface area contributed by atoms with Gasteiger partial charge in [0.25, 0.3) is 0 Å². The first-order chi connectivity index (χ1) is 19.6. The van der Waals surface area contributed by atoms with Gasteiger partial charge in [0.1, 0.15) is 12.4 Å². The number of likely N-dealkylation sites (tertiary alicyclic amines) is 1. The van der Waals surface area contributed by atoms with Gasteiger partial charge in [-0.05, 0) is 124 Å². The van der Waals surface area contributed by atoms with E-state index < -0.39 is 5.41 Å². The van der Waals surface area contributed by atoms with Crippen molar-refractivity contribution in [2.24, 2.45) is 50.2 Å². The quantitative estimate of drug-likeness (QED) is 0.322. The Balaban J connectivity index is 1.28. The summed E-state index contributed by atoms with van der Waals surface area (Å²) in [6.45, 7) is 19.6. The highest BCUT2D eigenvalue weighted by Crippen LogP contribution is 2.74. The van der Waals surface area contributed by atoms with Gasteiger partial charge in [-0.1, -0.05) is 53.5 Å². The fourth-order valence-electron chi connectivity index (χ4n) is 11.8. The molecule has 0 aromatic heterocycles. The first-order valence-electron chi connectivity index (χ1n) is 17.3. The van der Waals surface area contributed by atoms with Gasteiger partial charge in [-0.2, -0.15) is 0 Å². The number of ether oxygens (including phenoxy) is 1. The van der Waals surface area contributed by atoms with Gasteiger partial charge in [-0.25, -0.2) is 0 Å². The number of Topliss-reactive ketones (excluding diaryl/α,β-unsaturated/α-hetero) is 1. The van der Waals surface area contributed by atoms with Gasteiger partial charge in [0, 0.05) is 24.3 Å². The van der Waals surface area contributed by atoms with Crippen LogP contribution in [-0.4, -0.2) is 48.7 Å². The number of piperidine rings is 1. The van der Waals surface area contributed by atoms with E-state index in [9.17, 15) is 14.4 Å². The second-order valence-electron chi connectivity index (χ2n) is 17.4. The lowest BCUT2D eigenvalue weighted by atomic mass is 9.33. The fraction of sp³-hybridized carbons (Fsp3) is 0.865. The van der Waals surface area contributed by atoms with Crippen molar-refractivity contribution < 1.29 is 19.1 Å². The Morgan fingerprint density at radius 2 is 1.60 bits per heavy atom. The molecule has 0 bridgehead atoms. The predicted octanol–water partition coefficient (Wildman–Crippen LogP) is 7.57. The lowest BCUT2D eigenvalue weighted by Gasteiger charge is -2.69. The summed E-state index contributed by atoms with van der Waals surface area (Å²) in [7, 11) is 0. The van der Waals surface area contributed by atoms with E-state index in [-0.39, 0.29) is 50.8 Å². The van der Waals surface area contributed by atoms with E-state index in [0.717, 1.165) is 71.0 Å². The number of rotatable bonds is 4. The molecule has 6 rings (SSSR count). The third-order valence-electron chi connectivity index (χ3n) is 14.9. The molecule has 1 aliphatic heterocycles. The summed E-state index contributed by atoms with van der Waals surface area (Å²) in [6.07, 6.45) is 14.2. The molecule has 5 nitrogen and oxygen atoms in total. The highest BCUT2D eigenvalue weighted by Gasteiger charge is 2.70. The highest BCUT2D eigenvalue weighted by molar-refractivity contribution is 5.96. The Labute approximate surface area is 255 Å². The predicted molar refractivity (Wildman–Crippen MR) is 166 cm³/mol. The number of hydrogen-bond acceptors (Lipinski definition) is 5. The standard InChI is InChI=1S/C37H57NO4/c1-32(2)28-11-14-37(7)30(35(28,5)13-12-29(32)40)27(39)23-25-26-24-34(4,16-15-33(26,3)17-18-36(25,37)6)31(41)42-22-21-38-19-9-8-10-20-38/h23,26,28,30H,8-22,24H2,1-7H3/t26-,28-,30+,33+,34-,35-,36+,37+/m0/s1. The largest absolute Gasteiger partial charge is 0.464 e. The summed E-state index contributed by atoms with van der Waals surface area (Å²) in [5.74, 6) is 1.05. The molecular weight excluding hydrogens is 522 g/mol. The second-order valence-corrected chi connectivity index (χ2v) is 17.4. The van der Waals surface area contributed by atoms with Crippen molar-refractivity contribution in [3.63, 3.8) is 0 Å². The smallest absolute Gasteiger partial charge is 0.311 e. The molecule has 234 valence electrons. The number of carbonyl (C=O) groups excluding carboxylic acids is 3. The number of nitrogens with zero attached hydrogens (tertiary/aromatic N) is 1. The molecule has 1 heterocycles. The van der Waals surface area contributed by atoms with Gasteiger partial charge in [-0.3, -0.25) is 19.3 Å². The molecule has 6 aliphatic rings. The molecule has 5 aliphatic carbocycles. The van der Waals surface area contributed by atoms with Crippen LogP contribution in [0.5, 0.6) is 0 Å². The maximum absolute atomic E-state index is 14.5. The van der Waals surface area contributed by atoms with Crippen LogP contribution >= 0.6 is 0 Å². The minimum atomic E-state index is -0.511. The summed E-state index contributed by atoms with van der Waals surface area (Å²) in [6, 6.07) is 0. The van der Waals surface area contributed by atoms with Crippen LogP contribution < -0.4 is 0 Å². The number of hydrogen-bond donors (Lipinski definition) is 0. The molecule has 5 heteroatoms. The maximum atomic E-state index is 14.5. The summed E-state index contributed by atoms with van der Waals surface area (Å²) in [4.78, 5) is 43.6. The number of esters is 1. The average Bonchev–Trinajstić information content (AvgIpc) is 2.93. The van der Waals surface area contributed by atoms with Gasteiger partial charge >= 0.3 is 5.97 Å². The van der Waals surface area contributed by atoms with Crippen LogP contribution in [0.2, 0.25) is 0 Å². The Bertz CT molecular complexity index is 1180. The van der Waals surface area contributed by atoms with Crippen LogP contribution in [0.15, 0.2) is 11.6 Å². The number of ketones is 2. The van der Waals surface area contributed by atoms with E-state index in [2.05, 4.69) is 59.4 Å². The topological polar surface area (TPSA) is 63.7 Å². The van der Waals surface area contributed by atoms with E-state index in [1.165, 1.54) is 24.8 Å². The summed E-state index contributed by atoms with van der Waals surface area (Å²) in [5.41, 5.74) is 0.189. The zero-order chi connectivity index (χ0) is 30.3. The molecule has 0 unspecified atom stereocenters. The van der Waals surface area contributed by atoms with Crippen LogP contribution in [0.4, 0.5) is 0 Å². The van der Waals surface area contributed by atoms with Crippen LogP contribution in [0.1, 0.15) is 126 Å².